The number of hydrogen-bond acceptors (Lipinski definition) is 6. The fourth-order valence-electron chi connectivity index (χ4n) is 6.88. The van der Waals surface area contributed by atoms with Crippen LogP contribution in [-0.4, -0.2) is 37.2 Å². The largest absolute Gasteiger partial charge is 0.462 e. The van der Waals surface area contributed by atoms with Gasteiger partial charge in [-0.1, -0.05) is 204 Å². The summed E-state index contributed by atoms with van der Waals surface area (Å²) in [5.41, 5.74) is 0. The second kappa shape index (κ2) is 48.8. The van der Waals surface area contributed by atoms with Gasteiger partial charge < -0.3 is 14.2 Å². The van der Waals surface area contributed by atoms with Crippen molar-refractivity contribution >= 4 is 17.9 Å². The Morgan fingerprint density at radius 3 is 0.983 bits per heavy atom. The summed E-state index contributed by atoms with van der Waals surface area (Å²) in [5.74, 6) is -0.917. The average Bonchev–Trinajstić information content (AvgIpc) is 3.24. The molecule has 6 heteroatoms. The number of rotatable bonds is 45. The maximum Gasteiger partial charge on any atom is 0.306 e. The van der Waals surface area contributed by atoms with Crippen LogP contribution in [0.5, 0.6) is 0 Å². The lowest BCUT2D eigenvalue weighted by atomic mass is 10.1. The van der Waals surface area contributed by atoms with Gasteiger partial charge in [0, 0.05) is 19.3 Å². The lowest BCUT2D eigenvalue weighted by Gasteiger charge is -2.18. The van der Waals surface area contributed by atoms with Gasteiger partial charge in [0.25, 0.3) is 0 Å². The number of esters is 3. The summed E-state index contributed by atoms with van der Waals surface area (Å²) in [7, 11) is 0. The molecule has 0 fully saturated rings. The number of carbonyl (C=O) groups is 3. The number of carbonyl (C=O) groups excluding carboxylic acids is 3. The molecular formula is C54H94O6. The van der Waals surface area contributed by atoms with Gasteiger partial charge in [-0.3, -0.25) is 14.4 Å². The number of ether oxygens (including phenoxy) is 3. The molecule has 1 atom stereocenters. The molecule has 1 unspecified atom stereocenters. The Kier molecular flexibility index (Phi) is 46.4. The summed E-state index contributed by atoms with van der Waals surface area (Å²) >= 11 is 0. The van der Waals surface area contributed by atoms with E-state index in [0.29, 0.717) is 19.3 Å². The third-order valence-corrected chi connectivity index (χ3v) is 10.7. The van der Waals surface area contributed by atoms with Crippen molar-refractivity contribution in [2.24, 2.45) is 0 Å². The molecule has 0 bridgehead atoms. The summed E-state index contributed by atoms with van der Waals surface area (Å²) < 4.78 is 16.7. The summed E-state index contributed by atoms with van der Waals surface area (Å²) in [6.45, 7) is 6.52. The molecule has 0 rings (SSSR count). The molecule has 6 nitrogen and oxygen atoms in total. The lowest BCUT2D eigenvalue weighted by molar-refractivity contribution is -0.167. The highest BCUT2D eigenvalue weighted by atomic mass is 16.6. The van der Waals surface area contributed by atoms with Crippen LogP contribution in [0.3, 0.4) is 0 Å². The molecule has 0 spiro atoms. The van der Waals surface area contributed by atoms with Crippen molar-refractivity contribution in [3.05, 3.63) is 60.8 Å². The molecule has 0 aromatic carbocycles. The Morgan fingerprint density at radius 1 is 0.333 bits per heavy atom. The normalized spacial score (nSPS) is 12.5. The van der Waals surface area contributed by atoms with E-state index in [1.54, 1.807) is 0 Å². The molecule has 0 aliphatic heterocycles. The van der Waals surface area contributed by atoms with Crippen molar-refractivity contribution in [2.45, 2.75) is 252 Å². The first-order valence-electron chi connectivity index (χ1n) is 25.3. The summed E-state index contributed by atoms with van der Waals surface area (Å²) in [4.78, 5) is 37.7. The van der Waals surface area contributed by atoms with E-state index in [4.69, 9.17) is 14.2 Å². The van der Waals surface area contributed by atoms with Crippen molar-refractivity contribution in [3.63, 3.8) is 0 Å². The van der Waals surface area contributed by atoms with E-state index < -0.39 is 6.10 Å². The van der Waals surface area contributed by atoms with Gasteiger partial charge in [-0.15, -0.1) is 0 Å². The van der Waals surface area contributed by atoms with E-state index >= 15 is 0 Å². The first kappa shape index (κ1) is 57.1. The predicted octanol–water partition coefficient (Wildman–Crippen LogP) is 16.5. The van der Waals surface area contributed by atoms with Crippen LogP contribution < -0.4 is 0 Å². The van der Waals surface area contributed by atoms with Gasteiger partial charge in [-0.05, 0) is 83.5 Å². The van der Waals surface area contributed by atoms with Crippen LogP contribution in [0.1, 0.15) is 245 Å². The minimum atomic E-state index is -0.783. The molecule has 0 aliphatic carbocycles. The van der Waals surface area contributed by atoms with Crippen LogP contribution in [0, 0.1) is 0 Å². The second-order valence-corrected chi connectivity index (χ2v) is 16.7. The number of allylic oxidation sites excluding steroid dienone is 10. The summed E-state index contributed by atoms with van der Waals surface area (Å²) in [6, 6.07) is 0. The zero-order valence-corrected chi connectivity index (χ0v) is 39.5. The second-order valence-electron chi connectivity index (χ2n) is 16.7. The molecule has 60 heavy (non-hydrogen) atoms. The van der Waals surface area contributed by atoms with Crippen molar-refractivity contribution in [1.82, 2.24) is 0 Å². The van der Waals surface area contributed by atoms with E-state index in [2.05, 4.69) is 81.5 Å². The van der Waals surface area contributed by atoms with E-state index in [-0.39, 0.29) is 31.1 Å². The monoisotopic (exact) mass is 839 g/mol. The Morgan fingerprint density at radius 2 is 0.617 bits per heavy atom. The highest BCUT2D eigenvalue weighted by Crippen LogP contribution is 2.13. The van der Waals surface area contributed by atoms with Crippen LogP contribution in [0.25, 0.3) is 0 Å². The molecular weight excluding hydrogens is 745 g/mol. The molecule has 0 aromatic rings. The van der Waals surface area contributed by atoms with E-state index in [0.717, 1.165) is 103 Å². The van der Waals surface area contributed by atoms with E-state index in [1.807, 2.05) is 0 Å². The Hall–Kier alpha value is -2.89. The molecule has 0 heterocycles. The van der Waals surface area contributed by atoms with Gasteiger partial charge in [0.1, 0.15) is 13.2 Å². The molecule has 0 saturated heterocycles. The Balaban J connectivity index is 4.28. The molecule has 0 radical (unpaired) electrons. The van der Waals surface area contributed by atoms with Crippen LogP contribution in [0.2, 0.25) is 0 Å². The van der Waals surface area contributed by atoms with E-state index in [9.17, 15) is 14.4 Å². The third-order valence-electron chi connectivity index (χ3n) is 10.7. The van der Waals surface area contributed by atoms with Gasteiger partial charge in [0.15, 0.2) is 6.10 Å². The first-order valence-corrected chi connectivity index (χ1v) is 25.3. The quantitative estimate of drug-likeness (QED) is 0.0263. The molecule has 0 amide bonds. The average molecular weight is 839 g/mol. The number of hydrogen-bond donors (Lipinski definition) is 0. The third kappa shape index (κ3) is 46.2. The SMILES string of the molecule is CCCC/C=C\C/C=C\CCCCCCCC(=O)OC(COC(=O)CCCCCCCCC)COC(=O)CCCCCCCC/C=C\C/C=C\C/C=C\CCCCCCC. The lowest BCUT2D eigenvalue weighted by Crippen LogP contribution is -2.30. The zero-order valence-electron chi connectivity index (χ0n) is 39.5. The van der Waals surface area contributed by atoms with Crippen molar-refractivity contribution in [3.8, 4) is 0 Å². The molecule has 0 aromatic heterocycles. The first-order chi connectivity index (χ1) is 29.5. The van der Waals surface area contributed by atoms with Gasteiger partial charge in [-0.25, -0.2) is 0 Å². The minimum absolute atomic E-state index is 0.0841. The smallest absolute Gasteiger partial charge is 0.306 e. The van der Waals surface area contributed by atoms with Crippen LogP contribution in [0.15, 0.2) is 60.8 Å². The van der Waals surface area contributed by atoms with Gasteiger partial charge in [0.05, 0.1) is 0 Å². The molecule has 346 valence electrons. The van der Waals surface area contributed by atoms with Gasteiger partial charge in [-0.2, -0.15) is 0 Å². The Bertz CT molecular complexity index is 1100. The number of unbranched alkanes of at least 4 members (excludes halogenated alkanes) is 24. The summed E-state index contributed by atoms with van der Waals surface area (Å²) in [6.07, 6.45) is 59.3. The van der Waals surface area contributed by atoms with Gasteiger partial charge >= 0.3 is 17.9 Å². The van der Waals surface area contributed by atoms with Crippen LogP contribution >= 0.6 is 0 Å². The maximum absolute atomic E-state index is 12.7. The fourth-order valence-corrected chi connectivity index (χ4v) is 6.88. The minimum Gasteiger partial charge on any atom is -0.462 e. The molecule has 0 saturated carbocycles. The van der Waals surface area contributed by atoms with Crippen LogP contribution in [0.4, 0.5) is 0 Å². The fraction of sp³-hybridized carbons (Fsp3) is 0.759. The highest BCUT2D eigenvalue weighted by molar-refractivity contribution is 5.71. The Labute approximate surface area is 370 Å². The molecule has 0 N–H and O–H groups in total. The van der Waals surface area contributed by atoms with Gasteiger partial charge in [0.2, 0.25) is 0 Å². The molecule has 0 aliphatic rings. The highest BCUT2D eigenvalue weighted by Gasteiger charge is 2.19. The van der Waals surface area contributed by atoms with Crippen molar-refractivity contribution in [1.29, 1.82) is 0 Å². The zero-order chi connectivity index (χ0) is 43.7. The standard InChI is InChI=1S/C54H94O6/c1-4-7-10-13-16-18-20-22-24-25-26-27-28-29-30-32-33-35-38-41-44-47-53(56)59-50-51(49-58-52(55)46-43-40-37-15-12-9-6-3)60-54(57)48-45-42-39-36-34-31-23-21-19-17-14-11-8-5-2/h14,17,20-23,25-26,28-29,51H,4-13,15-16,18-19,24,27,30-50H2,1-3H3/b17-14-,22-20-,23-21-,26-25-,29-28-. The summed E-state index contributed by atoms with van der Waals surface area (Å²) in [5, 5.41) is 0. The maximum atomic E-state index is 12.7. The van der Waals surface area contributed by atoms with Crippen molar-refractivity contribution < 1.29 is 28.6 Å². The van der Waals surface area contributed by atoms with Crippen molar-refractivity contribution in [2.75, 3.05) is 13.2 Å². The van der Waals surface area contributed by atoms with E-state index in [1.165, 1.54) is 103 Å². The predicted molar refractivity (Wildman–Crippen MR) is 256 cm³/mol. The van der Waals surface area contributed by atoms with Crippen LogP contribution in [-0.2, 0) is 28.6 Å². The topological polar surface area (TPSA) is 78.9 Å².